The van der Waals surface area contributed by atoms with Gasteiger partial charge in [-0.3, -0.25) is 14.5 Å². The lowest BCUT2D eigenvalue weighted by Gasteiger charge is -2.54. The highest BCUT2D eigenvalue weighted by molar-refractivity contribution is 5.94. The quantitative estimate of drug-likeness (QED) is 0.271. The van der Waals surface area contributed by atoms with Crippen molar-refractivity contribution >= 4 is 11.9 Å². The number of carbonyl (C=O) groups is 2. The van der Waals surface area contributed by atoms with Crippen LogP contribution in [0.3, 0.4) is 0 Å². The fourth-order valence-corrected chi connectivity index (χ4v) is 6.38. The number of benzene rings is 2. The molecule has 3 atom stereocenters. The van der Waals surface area contributed by atoms with Crippen LogP contribution < -0.4 is 4.74 Å². The molecule has 1 amide bonds. The summed E-state index contributed by atoms with van der Waals surface area (Å²) in [5.41, 5.74) is 1.92. The van der Waals surface area contributed by atoms with Gasteiger partial charge in [0.1, 0.15) is 5.75 Å². The molecule has 2 fully saturated rings. The summed E-state index contributed by atoms with van der Waals surface area (Å²) < 4.78 is 5.48. The van der Waals surface area contributed by atoms with Crippen molar-refractivity contribution in [3.05, 3.63) is 78.4 Å². The number of hydrogen-bond acceptors (Lipinski definition) is 4. The molecule has 4 rings (SSSR count). The zero-order valence-corrected chi connectivity index (χ0v) is 22.0. The molecule has 2 aliphatic rings. The largest absolute Gasteiger partial charge is 0.427 e. The zero-order valence-electron chi connectivity index (χ0n) is 22.0. The molecule has 1 aliphatic carbocycles. The number of amides is 1. The van der Waals surface area contributed by atoms with E-state index in [1.54, 1.807) is 0 Å². The van der Waals surface area contributed by atoms with Gasteiger partial charge in [0.2, 0.25) is 0 Å². The lowest BCUT2D eigenvalue weighted by atomic mass is 9.57. The second-order valence-electron chi connectivity index (χ2n) is 10.9. The van der Waals surface area contributed by atoms with Crippen LogP contribution >= 0.6 is 0 Å². The summed E-state index contributed by atoms with van der Waals surface area (Å²) in [6, 6.07) is 18.0. The summed E-state index contributed by atoms with van der Waals surface area (Å²) in [7, 11) is 0. The molecule has 0 N–H and O–H groups in total. The van der Waals surface area contributed by atoms with Gasteiger partial charge in [-0.05, 0) is 73.9 Å². The van der Waals surface area contributed by atoms with Crippen LogP contribution in [-0.4, -0.2) is 53.9 Å². The van der Waals surface area contributed by atoms with Gasteiger partial charge in [0.15, 0.2) is 0 Å². The molecule has 1 saturated carbocycles. The number of fused-ring (bicyclic) bond motifs is 1. The molecular formula is C31H40N2O3. The number of carbonyl (C=O) groups excluding carboxylic acids is 2. The van der Waals surface area contributed by atoms with Gasteiger partial charge in [0.05, 0.1) is 0 Å². The van der Waals surface area contributed by atoms with Gasteiger partial charge >= 0.3 is 5.97 Å². The van der Waals surface area contributed by atoms with E-state index in [-0.39, 0.29) is 23.3 Å². The molecule has 0 bridgehead atoms. The third-order valence-electron chi connectivity index (χ3n) is 7.92. The van der Waals surface area contributed by atoms with Crippen molar-refractivity contribution in [2.45, 2.75) is 57.9 Å². The Morgan fingerprint density at radius 1 is 1.17 bits per heavy atom. The van der Waals surface area contributed by atoms with Crippen LogP contribution in [-0.2, 0) is 10.2 Å². The molecule has 0 radical (unpaired) electrons. The highest BCUT2D eigenvalue weighted by atomic mass is 16.5. The molecule has 192 valence electrons. The predicted octanol–water partition coefficient (Wildman–Crippen LogP) is 5.71. The third kappa shape index (κ3) is 5.73. The van der Waals surface area contributed by atoms with Crippen LogP contribution in [0.15, 0.2) is 67.3 Å². The highest BCUT2D eigenvalue weighted by Crippen LogP contribution is 2.50. The number of ether oxygens (including phenoxy) is 1. The minimum Gasteiger partial charge on any atom is -0.427 e. The summed E-state index contributed by atoms with van der Waals surface area (Å²) in [4.78, 5) is 30.0. The van der Waals surface area contributed by atoms with Crippen molar-refractivity contribution in [2.75, 3.05) is 26.2 Å². The van der Waals surface area contributed by atoms with Gasteiger partial charge in [0, 0.05) is 43.6 Å². The average Bonchev–Trinajstić information content (AvgIpc) is 2.87. The first-order valence-corrected chi connectivity index (χ1v) is 13.3. The minimum atomic E-state index is -0.305. The van der Waals surface area contributed by atoms with E-state index in [2.05, 4.69) is 42.4 Å². The van der Waals surface area contributed by atoms with Crippen LogP contribution in [0, 0.1) is 11.8 Å². The van der Waals surface area contributed by atoms with Crippen LogP contribution in [0.5, 0.6) is 5.75 Å². The van der Waals surface area contributed by atoms with Crippen molar-refractivity contribution in [1.82, 2.24) is 9.80 Å². The number of piperidine rings is 1. The van der Waals surface area contributed by atoms with Gasteiger partial charge in [-0.1, -0.05) is 50.3 Å². The fraction of sp³-hybridized carbons (Fsp3) is 0.484. The standard InChI is InChI=1S/C31H40N2O3/c1-5-17-32-18-16-31(26-12-9-13-29(19-26)36-24(4)34)20-28(15-14-27(31)22-32)33(21-23(2)3)30(35)25-10-7-6-8-11-25/h5-13,19,23,27-28H,1,14-18,20-22H2,2-4H3/t27?,28-,31?/m0/s1. The maximum Gasteiger partial charge on any atom is 0.308 e. The van der Waals surface area contributed by atoms with Gasteiger partial charge in [-0.2, -0.15) is 0 Å². The smallest absolute Gasteiger partial charge is 0.308 e. The van der Waals surface area contributed by atoms with Crippen molar-refractivity contribution in [1.29, 1.82) is 0 Å². The van der Waals surface area contributed by atoms with E-state index in [1.165, 1.54) is 12.5 Å². The number of likely N-dealkylation sites (tertiary alicyclic amines) is 1. The van der Waals surface area contributed by atoms with E-state index in [0.717, 1.165) is 57.4 Å². The third-order valence-corrected chi connectivity index (χ3v) is 7.92. The van der Waals surface area contributed by atoms with E-state index in [1.807, 2.05) is 48.5 Å². The Morgan fingerprint density at radius 2 is 1.94 bits per heavy atom. The number of esters is 1. The molecule has 36 heavy (non-hydrogen) atoms. The van der Waals surface area contributed by atoms with Gasteiger partial charge in [0.25, 0.3) is 5.91 Å². The molecule has 2 unspecified atom stereocenters. The molecule has 2 aromatic rings. The Hall–Kier alpha value is -2.92. The van der Waals surface area contributed by atoms with Crippen LogP contribution in [0.25, 0.3) is 0 Å². The van der Waals surface area contributed by atoms with Gasteiger partial charge < -0.3 is 9.64 Å². The SMILES string of the molecule is C=CCN1CCC2(c3cccc(OC(C)=O)c3)C[C@@H](N(CC(C)C)C(=O)c3ccccc3)CCC2C1. The van der Waals surface area contributed by atoms with Crippen molar-refractivity contribution in [3.8, 4) is 5.75 Å². The molecular weight excluding hydrogens is 448 g/mol. The molecule has 1 heterocycles. The number of rotatable bonds is 8. The molecule has 5 nitrogen and oxygen atoms in total. The number of hydrogen-bond donors (Lipinski definition) is 0. The zero-order chi connectivity index (χ0) is 25.7. The van der Waals surface area contributed by atoms with Crippen LogP contribution in [0.2, 0.25) is 0 Å². The monoisotopic (exact) mass is 488 g/mol. The van der Waals surface area contributed by atoms with Crippen LogP contribution in [0.4, 0.5) is 0 Å². The minimum absolute atomic E-state index is 0.0665. The fourth-order valence-electron chi connectivity index (χ4n) is 6.38. The maximum absolute atomic E-state index is 13.7. The van der Waals surface area contributed by atoms with Crippen LogP contribution in [0.1, 0.15) is 62.4 Å². The first kappa shape index (κ1) is 26.2. The highest BCUT2D eigenvalue weighted by Gasteiger charge is 2.49. The molecule has 0 aromatic heterocycles. The summed E-state index contributed by atoms with van der Waals surface area (Å²) in [6.45, 7) is 13.4. The lowest BCUT2D eigenvalue weighted by molar-refractivity contribution is -0.131. The second-order valence-corrected chi connectivity index (χ2v) is 10.9. The maximum atomic E-state index is 13.7. The first-order chi connectivity index (χ1) is 17.3. The van der Waals surface area contributed by atoms with Crippen molar-refractivity contribution < 1.29 is 14.3 Å². The summed E-state index contributed by atoms with van der Waals surface area (Å²) in [6.07, 6.45) is 5.99. The normalized spacial score (nSPS) is 24.1. The van der Waals surface area contributed by atoms with E-state index in [4.69, 9.17) is 4.74 Å². The summed E-state index contributed by atoms with van der Waals surface area (Å²) >= 11 is 0. The molecule has 1 saturated heterocycles. The van der Waals surface area contributed by atoms with E-state index >= 15 is 0 Å². The predicted molar refractivity (Wildman–Crippen MR) is 144 cm³/mol. The Bertz CT molecular complexity index is 1070. The molecule has 2 aromatic carbocycles. The van der Waals surface area contributed by atoms with E-state index in [0.29, 0.717) is 17.6 Å². The Kier molecular flexibility index (Phi) is 8.30. The first-order valence-electron chi connectivity index (χ1n) is 13.3. The van der Waals surface area contributed by atoms with Crippen molar-refractivity contribution in [2.24, 2.45) is 11.8 Å². The van der Waals surface area contributed by atoms with Crippen molar-refractivity contribution in [3.63, 3.8) is 0 Å². The van der Waals surface area contributed by atoms with Gasteiger partial charge in [-0.15, -0.1) is 6.58 Å². The molecule has 1 aliphatic heterocycles. The molecule has 0 spiro atoms. The average molecular weight is 489 g/mol. The lowest BCUT2D eigenvalue weighted by Crippen LogP contribution is -2.57. The topological polar surface area (TPSA) is 49.9 Å². The Labute approximate surface area is 216 Å². The number of nitrogens with zero attached hydrogens (tertiary/aromatic N) is 2. The Morgan fingerprint density at radius 3 is 2.64 bits per heavy atom. The summed E-state index contributed by atoms with van der Waals surface area (Å²) in [5.74, 6) is 1.28. The Balaban J connectivity index is 1.70. The van der Waals surface area contributed by atoms with E-state index < -0.39 is 0 Å². The molecule has 5 heteroatoms. The summed E-state index contributed by atoms with van der Waals surface area (Å²) in [5, 5.41) is 0. The van der Waals surface area contributed by atoms with Gasteiger partial charge in [-0.25, -0.2) is 0 Å². The van der Waals surface area contributed by atoms with E-state index in [9.17, 15) is 9.59 Å². The second kappa shape index (κ2) is 11.4.